The first-order valence-electron chi connectivity index (χ1n) is 10.3. The van der Waals surface area contributed by atoms with Gasteiger partial charge < -0.3 is 19.5 Å². The summed E-state index contributed by atoms with van der Waals surface area (Å²) >= 11 is 0. The molecular weight excluding hydrogens is 441 g/mol. The number of carbonyl (C=O) groups excluding carboxylic acids is 1. The Kier molecular flexibility index (Phi) is 10.3. The van der Waals surface area contributed by atoms with Gasteiger partial charge in [0.15, 0.2) is 0 Å². The third-order valence-corrected chi connectivity index (χ3v) is 5.04. The second-order valence-electron chi connectivity index (χ2n) is 7.48. The topological polar surface area (TPSA) is 89.0 Å². The molecule has 1 aliphatic rings. The SMILES string of the molecule is COCC(=O)N1CC[C@@H](OCc2ccccn2)[C@@H](Cc2ccccc2)C1.O=C(O)C(F)(F)F. The summed E-state index contributed by atoms with van der Waals surface area (Å²) in [5, 5.41) is 7.12. The fourth-order valence-corrected chi connectivity index (χ4v) is 3.46. The maximum Gasteiger partial charge on any atom is 0.490 e. The first-order chi connectivity index (χ1) is 15.7. The molecule has 2 atom stereocenters. The molecule has 180 valence electrons. The van der Waals surface area contributed by atoms with Crippen LogP contribution >= 0.6 is 0 Å². The van der Waals surface area contributed by atoms with Crippen LogP contribution in [0.5, 0.6) is 0 Å². The Bertz CT molecular complexity index is 865. The van der Waals surface area contributed by atoms with E-state index in [1.54, 1.807) is 13.3 Å². The second kappa shape index (κ2) is 12.9. The molecule has 10 heteroatoms. The number of benzene rings is 1. The van der Waals surface area contributed by atoms with Crippen LogP contribution in [0.4, 0.5) is 13.2 Å². The quantitative estimate of drug-likeness (QED) is 0.671. The van der Waals surface area contributed by atoms with Gasteiger partial charge >= 0.3 is 12.1 Å². The number of nitrogens with zero attached hydrogens (tertiary/aromatic N) is 2. The molecule has 1 amide bonds. The van der Waals surface area contributed by atoms with Crippen molar-refractivity contribution in [1.29, 1.82) is 0 Å². The van der Waals surface area contributed by atoms with E-state index in [0.29, 0.717) is 19.7 Å². The Morgan fingerprint density at radius 1 is 1.15 bits per heavy atom. The average Bonchev–Trinajstić information content (AvgIpc) is 2.79. The Morgan fingerprint density at radius 2 is 1.82 bits per heavy atom. The average molecular weight is 468 g/mol. The van der Waals surface area contributed by atoms with Gasteiger partial charge in [-0.05, 0) is 30.5 Å². The van der Waals surface area contributed by atoms with Crippen LogP contribution < -0.4 is 0 Å². The zero-order valence-electron chi connectivity index (χ0n) is 18.2. The number of aliphatic carboxylic acids is 1. The molecule has 2 aromatic rings. The number of hydrogen-bond donors (Lipinski definition) is 1. The number of methoxy groups -OCH3 is 1. The number of halogens is 3. The highest BCUT2D eigenvalue weighted by Gasteiger charge is 2.38. The number of alkyl halides is 3. The minimum absolute atomic E-state index is 0.0498. The zero-order chi connectivity index (χ0) is 24.3. The van der Waals surface area contributed by atoms with Gasteiger partial charge in [-0.15, -0.1) is 0 Å². The van der Waals surface area contributed by atoms with E-state index in [-0.39, 0.29) is 24.5 Å². The van der Waals surface area contributed by atoms with Crippen molar-refractivity contribution in [3.05, 3.63) is 66.0 Å². The predicted octanol–water partition coefficient (Wildman–Crippen LogP) is 3.34. The Morgan fingerprint density at radius 3 is 2.39 bits per heavy atom. The van der Waals surface area contributed by atoms with E-state index in [0.717, 1.165) is 18.5 Å². The number of amides is 1. The highest BCUT2D eigenvalue weighted by molar-refractivity contribution is 5.77. The van der Waals surface area contributed by atoms with Crippen LogP contribution in [0.15, 0.2) is 54.7 Å². The van der Waals surface area contributed by atoms with Crippen molar-refractivity contribution in [2.45, 2.75) is 31.7 Å². The molecule has 1 fully saturated rings. The number of pyridine rings is 1. The predicted molar refractivity (Wildman–Crippen MR) is 113 cm³/mol. The van der Waals surface area contributed by atoms with Crippen LogP contribution in [0.1, 0.15) is 17.7 Å². The Labute approximate surface area is 190 Å². The van der Waals surface area contributed by atoms with Gasteiger partial charge in [-0.3, -0.25) is 9.78 Å². The summed E-state index contributed by atoms with van der Waals surface area (Å²) in [6.45, 7) is 2.05. The highest BCUT2D eigenvalue weighted by atomic mass is 19.4. The van der Waals surface area contributed by atoms with Crippen LogP contribution in [-0.4, -0.2) is 66.0 Å². The number of carbonyl (C=O) groups is 2. The van der Waals surface area contributed by atoms with Crippen LogP contribution in [0.3, 0.4) is 0 Å². The molecule has 2 heterocycles. The van der Waals surface area contributed by atoms with Crippen molar-refractivity contribution in [2.75, 3.05) is 26.8 Å². The first kappa shape index (κ1) is 26.3. The van der Waals surface area contributed by atoms with Crippen molar-refractivity contribution in [2.24, 2.45) is 5.92 Å². The molecule has 0 unspecified atom stereocenters. The molecule has 33 heavy (non-hydrogen) atoms. The van der Waals surface area contributed by atoms with Gasteiger partial charge in [0, 0.05) is 32.3 Å². The van der Waals surface area contributed by atoms with Gasteiger partial charge in [-0.1, -0.05) is 36.4 Å². The van der Waals surface area contributed by atoms with E-state index in [1.165, 1.54) is 5.56 Å². The summed E-state index contributed by atoms with van der Waals surface area (Å²) < 4.78 is 43.0. The van der Waals surface area contributed by atoms with E-state index in [9.17, 15) is 18.0 Å². The van der Waals surface area contributed by atoms with Gasteiger partial charge in [-0.2, -0.15) is 13.2 Å². The van der Waals surface area contributed by atoms with E-state index in [2.05, 4.69) is 29.2 Å². The second-order valence-corrected chi connectivity index (χ2v) is 7.48. The molecule has 1 saturated heterocycles. The zero-order valence-corrected chi connectivity index (χ0v) is 18.2. The lowest BCUT2D eigenvalue weighted by Crippen LogP contribution is -2.48. The number of aromatic nitrogens is 1. The molecule has 0 radical (unpaired) electrons. The summed E-state index contributed by atoms with van der Waals surface area (Å²) in [5.74, 6) is -2.45. The van der Waals surface area contributed by atoms with Crippen molar-refractivity contribution >= 4 is 11.9 Å². The minimum atomic E-state index is -5.08. The molecule has 3 rings (SSSR count). The number of likely N-dealkylation sites (tertiary alicyclic amines) is 1. The number of carboxylic acid groups (broad SMARTS) is 1. The molecule has 0 bridgehead atoms. The van der Waals surface area contributed by atoms with Gasteiger partial charge in [0.2, 0.25) is 5.91 Å². The van der Waals surface area contributed by atoms with Gasteiger partial charge in [0.05, 0.1) is 18.4 Å². The van der Waals surface area contributed by atoms with Crippen LogP contribution in [-0.2, 0) is 32.1 Å². The smallest absolute Gasteiger partial charge is 0.475 e. The van der Waals surface area contributed by atoms with Crippen molar-refractivity contribution in [3.63, 3.8) is 0 Å². The molecular formula is C23H27F3N2O5. The number of rotatable bonds is 7. The minimum Gasteiger partial charge on any atom is -0.475 e. The summed E-state index contributed by atoms with van der Waals surface area (Å²) in [6.07, 6.45) is -1.46. The fraction of sp³-hybridized carbons (Fsp3) is 0.435. The summed E-state index contributed by atoms with van der Waals surface area (Å²) in [6, 6.07) is 16.2. The number of ether oxygens (including phenoxy) is 2. The van der Waals surface area contributed by atoms with Gasteiger partial charge in [-0.25, -0.2) is 4.79 Å². The van der Waals surface area contributed by atoms with Gasteiger partial charge in [0.1, 0.15) is 6.61 Å². The Hall–Kier alpha value is -2.98. The molecule has 1 N–H and O–H groups in total. The highest BCUT2D eigenvalue weighted by Crippen LogP contribution is 2.25. The summed E-state index contributed by atoms with van der Waals surface area (Å²) in [7, 11) is 1.56. The monoisotopic (exact) mass is 468 g/mol. The van der Waals surface area contributed by atoms with E-state index in [1.807, 2.05) is 29.2 Å². The molecule has 0 aliphatic carbocycles. The maximum absolute atomic E-state index is 12.2. The number of piperidine rings is 1. The number of hydrogen-bond acceptors (Lipinski definition) is 5. The van der Waals surface area contributed by atoms with Crippen molar-refractivity contribution in [1.82, 2.24) is 9.88 Å². The van der Waals surface area contributed by atoms with E-state index >= 15 is 0 Å². The molecule has 0 spiro atoms. The van der Waals surface area contributed by atoms with Crippen LogP contribution in [0, 0.1) is 5.92 Å². The first-order valence-corrected chi connectivity index (χ1v) is 10.3. The van der Waals surface area contributed by atoms with Crippen LogP contribution in [0.2, 0.25) is 0 Å². The van der Waals surface area contributed by atoms with E-state index in [4.69, 9.17) is 19.4 Å². The normalized spacial score (nSPS) is 18.2. The summed E-state index contributed by atoms with van der Waals surface area (Å²) in [4.78, 5) is 27.4. The van der Waals surface area contributed by atoms with E-state index < -0.39 is 12.1 Å². The van der Waals surface area contributed by atoms with Gasteiger partial charge in [0.25, 0.3) is 0 Å². The molecule has 0 saturated carbocycles. The molecule has 1 aromatic heterocycles. The van der Waals surface area contributed by atoms with Crippen molar-refractivity contribution in [3.8, 4) is 0 Å². The fourth-order valence-electron chi connectivity index (χ4n) is 3.46. The lowest BCUT2D eigenvalue weighted by Gasteiger charge is -2.38. The maximum atomic E-state index is 12.2. The lowest BCUT2D eigenvalue weighted by atomic mass is 9.88. The standard InChI is InChI=1S/C21H26N2O3.C2HF3O2/c1-25-16-21(24)23-12-10-20(26-15-19-9-5-6-11-22-19)18(14-23)13-17-7-3-2-4-8-17;3-2(4,5)1(6)7/h2-9,11,18,20H,10,12-16H2,1H3;(H,6,7)/t18-,20+;/m0./s1. The summed E-state index contributed by atoms with van der Waals surface area (Å²) in [5.41, 5.74) is 2.20. The molecule has 1 aromatic carbocycles. The largest absolute Gasteiger partial charge is 0.490 e. The third kappa shape index (κ3) is 9.19. The molecule has 1 aliphatic heterocycles. The van der Waals surface area contributed by atoms with Crippen molar-refractivity contribution < 1.29 is 37.3 Å². The molecule has 7 nitrogen and oxygen atoms in total. The number of carboxylic acids is 1. The van der Waals surface area contributed by atoms with Crippen LogP contribution in [0.25, 0.3) is 0 Å². The third-order valence-electron chi connectivity index (χ3n) is 5.04. The lowest BCUT2D eigenvalue weighted by molar-refractivity contribution is -0.192. The Balaban J connectivity index is 0.000000479.